The van der Waals surface area contributed by atoms with Crippen molar-refractivity contribution in [3.63, 3.8) is 0 Å². The minimum Gasteiger partial charge on any atom is -0.0654 e. The highest BCUT2D eigenvalue weighted by molar-refractivity contribution is 7.73. The third-order valence-electron chi connectivity index (χ3n) is 5.92. The van der Waals surface area contributed by atoms with Crippen LogP contribution in [0.5, 0.6) is 0 Å². The zero-order valence-corrected chi connectivity index (χ0v) is 18.7. The van der Waals surface area contributed by atoms with Gasteiger partial charge in [0, 0.05) is 0 Å². The van der Waals surface area contributed by atoms with E-state index in [1.54, 1.807) is 10.6 Å². The summed E-state index contributed by atoms with van der Waals surface area (Å²) in [5.74, 6) is 0. The van der Waals surface area contributed by atoms with Crippen molar-refractivity contribution in [3.8, 4) is 0 Å². The molecule has 0 N–H and O–H groups in total. The van der Waals surface area contributed by atoms with Gasteiger partial charge < -0.3 is 0 Å². The van der Waals surface area contributed by atoms with Crippen molar-refractivity contribution in [3.05, 3.63) is 58.1 Å². The van der Waals surface area contributed by atoms with Gasteiger partial charge in [0.15, 0.2) is 0 Å². The number of hydrogen-bond acceptors (Lipinski definition) is 0. The summed E-state index contributed by atoms with van der Waals surface area (Å²) in [6, 6.07) is 11.6. The maximum Gasteiger partial charge on any atom is -0.0163 e. The summed E-state index contributed by atoms with van der Waals surface area (Å²) >= 11 is 0. The maximum absolute atomic E-state index is 2.42. The van der Waals surface area contributed by atoms with Crippen molar-refractivity contribution in [2.45, 2.75) is 80.1 Å². The SMILES string of the molecule is CCCCCCCCP(c1cccc(C)c1C)c1ccc(C)c(C)c1C. The Balaban J connectivity index is 2.28. The topological polar surface area (TPSA) is 0 Å². The molecule has 0 bridgehead atoms. The van der Waals surface area contributed by atoms with Crippen LogP contribution in [0.4, 0.5) is 0 Å². The molecule has 1 unspecified atom stereocenters. The lowest BCUT2D eigenvalue weighted by atomic mass is 10.1. The number of aryl methyl sites for hydroxylation is 2. The largest absolute Gasteiger partial charge is 0.0654 e. The average molecular weight is 369 g/mol. The second kappa shape index (κ2) is 10.3. The quantitative estimate of drug-likeness (QED) is 0.329. The zero-order valence-electron chi connectivity index (χ0n) is 17.8. The lowest BCUT2D eigenvalue weighted by molar-refractivity contribution is 0.626. The molecule has 0 aliphatic heterocycles. The predicted molar refractivity (Wildman–Crippen MR) is 121 cm³/mol. The summed E-state index contributed by atoms with van der Waals surface area (Å²) in [5, 5.41) is 3.20. The van der Waals surface area contributed by atoms with Crippen molar-refractivity contribution in [2.75, 3.05) is 6.16 Å². The van der Waals surface area contributed by atoms with Crippen molar-refractivity contribution in [2.24, 2.45) is 0 Å². The molecular formula is C25H37P. The summed E-state index contributed by atoms with van der Waals surface area (Å²) < 4.78 is 0. The first-order chi connectivity index (χ1) is 12.5. The van der Waals surface area contributed by atoms with Gasteiger partial charge in [-0.25, -0.2) is 0 Å². The van der Waals surface area contributed by atoms with Crippen LogP contribution >= 0.6 is 7.92 Å². The fourth-order valence-electron chi connectivity index (χ4n) is 3.68. The van der Waals surface area contributed by atoms with Crippen molar-refractivity contribution >= 4 is 18.5 Å². The van der Waals surface area contributed by atoms with Crippen LogP contribution in [0.3, 0.4) is 0 Å². The molecule has 0 aromatic heterocycles. The third kappa shape index (κ3) is 5.20. The van der Waals surface area contributed by atoms with Crippen LogP contribution in [0.2, 0.25) is 0 Å². The second-order valence-electron chi connectivity index (χ2n) is 7.79. The molecule has 0 aliphatic rings. The highest BCUT2D eigenvalue weighted by Crippen LogP contribution is 2.38. The van der Waals surface area contributed by atoms with Gasteiger partial charge in [-0.15, -0.1) is 0 Å². The molecule has 2 rings (SSSR count). The number of unbranched alkanes of at least 4 members (excludes halogenated alkanes) is 5. The van der Waals surface area contributed by atoms with E-state index < -0.39 is 0 Å². The standard InChI is InChI=1S/C25H37P/c1-7-8-9-10-11-12-18-26(24-15-13-14-19(2)22(24)5)25-17-16-20(3)21(4)23(25)6/h13-17H,7-12,18H2,1-6H3. The van der Waals surface area contributed by atoms with Crippen molar-refractivity contribution < 1.29 is 0 Å². The Kier molecular flexibility index (Phi) is 8.36. The van der Waals surface area contributed by atoms with E-state index in [2.05, 4.69) is 71.9 Å². The zero-order chi connectivity index (χ0) is 19.1. The maximum atomic E-state index is 2.42. The molecule has 26 heavy (non-hydrogen) atoms. The molecule has 0 saturated carbocycles. The Morgan fingerprint density at radius 2 is 1.23 bits per heavy atom. The van der Waals surface area contributed by atoms with Gasteiger partial charge in [-0.2, -0.15) is 0 Å². The predicted octanol–water partition coefficient (Wildman–Crippen LogP) is 7.02. The summed E-state index contributed by atoms with van der Waals surface area (Å²) in [7, 11) is -0.262. The highest BCUT2D eigenvalue weighted by Gasteiger charge is 2.19. The van der Waals surface area contributed by atoms with Gasteiger partial charge in [0.25, 0.3) is 0 Å². The van der Waals surface area contributed by atoms with Gasteiger partial charge in [-0.3, -0.25) is 0 Å². The van der Waals surface area contributed by atoms with E-state index in [-0.39, 0.29) is 7.92 Å². The summed E-state index contributed by atoms with van der Waals surface area (Å²) in [5.41, 5.74) is 7.34. The van der Waals surface area contributed by atoms with E-state index >= 15 is 0 Å². The molecule has 0 heterocycles. The molecule has 0 fully saturated rings. The van der Waals surface area contributed by atoms with Gasteiger partial charge in [-0.05, 0) is 93.5 Å². The van der Waals surface area contributed by atoms with Crippen LogP contribution < -0.4 is 10.6 Å². The number of benzene rings is 2. The Morgan fingerprint density at radius 1 is 0.615 bits per heavy atom. The lowest BCUT2D eigenvalue weighted by Crippen LogP contribution is -2.20. The van der Waals surface area contributed by atoms with Crippen LogP contribution in [-0.4, -0.2) is 6.16 Å². The lowest BCUT2D eigenvalue weighted by Gasteiger charge is -2.25. The van der Waals surface area contributed by atoms with Crippen molar-refractivity contribution in [1.29, 1.82) is 0 Å². The van der Waals surface area contributed by atoms with Crippen LogP contribution in [0.25, 0.3) is 0 Å². The molecule has 1 atom stereocenters. The first-order valence-corrected chi connectivity index (χ1v) is 11.9. The van der Waals surface area contributed by atoms with Gasteiger partial charge >= 0.3 is 0 Å². The normalized spacial score (nSPS) is 12.4. The molecular weight excluding hydrogens is 331 g/mol. The van der Waals surface area contributed by atoms with Crippen LogP contribution in [0, 0.1) is 34.6 Å². The fraction of sp³-hybridized carbons (Fsp3) is 0.520. The Labute approximate surface area is 163 Å². The molecule has 1 heteroatoms. The Hall–Kier alpha value is -1.13. The first kappa shape index (κ1) is 21.2. The molecule has 0 aliphatic carbocycles. The van der Waals surface area contributed by atoms with Gasteiger partial charge in [0.2, 0.25) is 0 Å². The molecule has 142 valence electrons. The average Bonchev–Trinajstić information content (AvgIpc) is 2.63. The summed E-state index contributed by atoms with van der Waals surface area (Å²) in [6.07, 6.45) is 9.59. The fourth-order valence-corrected chi connectivity index (χ4v) is 6.64. The summed E-state index contributed by atoms with van der Waals surface area (Å²) in [6.45, 7) is 13.7. The van der Waals surface area contributed by atoms with Crippen molar-refractivity contribution in [1.82, 2.24) is 0 Å². The molecule has 0 saturated heterocycles. The van der Waals surface area contributed by atoms with Crippen LogP contribution in [0.15, 0.2) is 30.3 Å². The number of rotatable bonds is 9. The van der Waals surface area contributed by atoms with Gasteiger partial charge in [0.05, 0.1) is 0 Å². The molecule has 0 spiro atoms. The molecule has 0 amide bonds. The van der Waals surface area contributed by atoms with E-state index in [1.807, 2.05) is 0 Å². The van der Waals surface area contributed by atoms with E-state index in [1.165, 1.54) is 72.5 Å². The molecule has 2 aromatic rings. The number of hydrogen-bond donors (Lipinski definition) is 0. The smallest absolute Gasteiger partial charge is 0.0163 e. The van der Waals surface area contributed by atoms with E-state index in [9.17, 15) is 0 Å². The Bertz CT molecular complexity index is 714. The van der Waals surface area contributed by atoms with Gasteiger partial charge in [-0.1, -0.05) is 69.4 Å². The monoisotopic (exact) mass is 368 g/mol. The molecule has 0 radical (unpaired) electrons. The van der Waals surface area contributed by atoms with Crippen LogP contribution in [-0.2, 0) is 0 Å². The third-order valence-corrected chi connectivity index (χ3v) is 8.82. The van der Waals surface area contributed by atoms with Crippen LogP contribution in [0.1, 0.15) is 73.3 Å². The molecule has 2 aromatic carbocycles. The highest BCUT2D eigenvalue weighted by atomic mass is 31.1. The molecule has 0 nitrogen and oxygen atoms in total. The Morgan fingerprint density at radius 3 is 1.96 bits per heavy atom. The first-order valence-electron chi connectivity index (χ1n) is 10.4. The summed E-state index contributed by atoms with van der Waals surface area (Å²) in [4.78, 5) is 0. The van der Waals surface area contributed by atoms with E-state index in [4.69, 9.17) is 0 Å². The second-order valence-corrected chi connectivity index (χ2v) is 10.1. The van der Waals surface area contributed by atoms with E-state index in [0.29, 0.717) is 0 Å². The minimum atomic E-state index is -0.262. The van der Waals surface area contributed by atoms with Gasteiger partial charge in [0.1, 0.15) is 0 Å². The minimum absolute atomic E-state index is 0.262. The van der Waals surface area contributed by atoms with E-state index in [0.717, 1.165) is 0 Å².